The minimum absolute atomic E-state index is 0.579. The molecule has 1 aromatic carbocycles. The van der Waals surface area contributed by atoms with Crippen molar-refractivity contribution < 1.29 is 0 Å². The first kappa shape index (κ1) is 13.0. The molecule has 0 aliphatic carbocycles. The van der Waals surface area contributed by atoms with E-state index < -0.39 is 0 Å². The van der Waals surface area contributed by atoms with E-state index in [-0.39, 0.29) is 0 Å². The fraction of sp³-hybridized carbons (Fsp3) is 0.529. The fourth-order valence-electron chi connectivity index (χ4n) is 3.95. The van der Waals surface area contributed by atoms with Crippen molar-refractivity contribution in [2.75, 3.05) is 11.4 Å². The maximum atomic E-state index is 4.79. The van der Waals surface area contributed by atoms with Gasteiger partial charge in [0.1, 0.15) is 0 Å². The second-order valence-corrected chi connectivity index (χ2v) is 6.28. The number of nitrogens with one attached hydrogen (secondary N) is 1. The zero-order valence-corrected chi connectivity index (χ0v) is 12.5. The minimum Gasteiger partial charge on any atom is -0.338 e. The molecule has 4 heteroatoms. The molecule has 4 nitrogen and oxygen atoms in total. The largest absolute Gasteiger partial charge is 0.338 e. The number of para-hydroxylation sites is 1. The van der Waals surface area contributed by atoms with Crippen molar-refractivity contribution in [3.05, 3.63) is 30.5 Å². The van der Waals surface area contributed by atoms with Crippen LogP contribution >= 0.6 is 0 Å². The Bertz CT molecular complexity index is 629. The molecule has 2 aliphatic rings. The molecule has 0 amide bonds. The van der Waals surface area contributed by atoms with E-state index in [0.717, 1.165) is 23.4 Å². The van der Waals surface area contributed by atoms with Gasteiger partial charge in [-0.1, -0.05) is 18.2 Å². The zero-order valence-electron chi connectivity index (χ0n) is 12.5. The molecule has 1 N–H and O–H groups in total. The van der Waals surface area contributed by atoms with Crippen LogP contribution in [0.5, 0.6) is 0 Å². The number of nitrogens with zero attached hydrogens (tertiary/aromatic N) is 3. The lowest BCUT2D eigenvalue weighted by Gasteiger charge is -2.37. The first-order valence-corrected chi connectivity index (χ1v) is 8.08. The summed E-state index contributed by atoms with van der Waals surface area (Å²) in [5.74, 6) is 0.891. The van der Waals surface area contributed by atoms with E-state index in [9.17, 15) is 0 Å². The summed E-state index contributed by atoms with van der Waals surface area (Å²) in [4.78, 5) is 11.8. The molecule has 2 aromatic rings. The van der Waals surface area contributed by atoms with Gasteiger partial charge in [-0.05, 0) is 38.7 Å². The summed E-state index contributed by atoms with van der Waals surface area (Å²) in [6.45, 7) is 3.19. The molecule has 2 aliphatic heterocycles. The van der Waals surface area contributed by atoms with Crippen molar-refractivity contribution in [1.29, 1.82) is 0 Å². The number of piperidine rings is 1. The summed E-state index contributed by atoms with van der Waals surface area (Å²) in [6, 6.07) is 10.2. The van der Waals surface area contributed by atoms with Crippen LogP contribution in [0.2, 0.25) is 0 Å². The van der Waals surface area contributed by atoms with E-state index in [2.05, 4.69) is 34.3 Å². The Labute approximate surface area is 125 Å². The second kappa shape index (κ2) is 5.26. The smallest absolute Gasteiger partial charge is 0.226 e. The highest BCUT2D eigenvalue weighted by molar-refractivity contribution is 5.78. The molecule has 110 valence electrons. The Morgan fingerprint density at radius 2 is 1.95 bits per heavy atom. The molecule has 0 spiro atoms. The summed E-state index contributed by atoms with van der Waals surface area (Å²) >= 11 is 0. The van der Waals surface area contributed by atoms with Crippen LogP contribution in [0.1, 0.15) is 32.6 Å². The molecule has 2 fully saturated rings. The lowest BCUT2D eigenvalue weighted by atomic mass is 9.98. The van der Waals surface area contributed by atoms with Gasteiger partial charge in [-0.15, -0.1) is 0 Å². The van der Waals surface area contributed by atoms with Gasteiger partial charge < -0.3 is 10.2 Å². The van der Waals surface area contributed by atoms with E-state index in [1.807, 2.05) is 18.3 Å². The van der Waals surface area contributed by atoms with Gasteiger partial charge >= 0.3 is 0 Å². The lowest BCUT2D eigenvalue weighted by molar-refractivity contribution is 0.347. The van der Waals surface area contributed by atoms with Gasteiger partial charge in [-0.25, -0.2) is 9.97 Å². The summed E-state index contributed by atoms with van der Waals surface area (Å²) in [7, 11) is 0. The monoisotopic (exact) mass is 282 g/mol. The maximum absolute atomic E-state index is 4.79. The summed E-state index contributed by atoms with van der Waals surface area (Å²) in [6.07, 6.45) is 7.06. The highest BCUT2D eigenvalue weighted by atomic mass is 15.3. The van der Waals surface area contributed by atoms with Crippen LogP contribution in [0, 0.1) is 0 Å². The van der Waals surface area contributed by atoms with E-state index in [1.165, 1.54) is 25.7 Å². The normalized spacial score (nSPS) is 28.0. The van der Waals surface area contributed by atoms with Crippen LogP contribution in [0.3, 0.4) is 0 Å². The Hall–Kier alpha value is -1.68. The topological polar surface area (TPSA) is 41.1 Å². The standard InChI is InChI=1S/C17H22N4/c1-2-21(15-9-13-7-8-14(10-15)19-13)17-18-11-12-5-3-4-6-16(12)20-17/h3-6,11,13-15,19H,2,7-10H2,1H3. The number of anilines is 1. The molecular weight excluding hydrogens is 260 g/mol. The molecule has 1 aromatic heterocycles. The molecule has 0 radical (unpaired) electrons. The molecule has 2 atom stereocenters. The second-order valence-electron chi connectivity index (χ2n) is 6.28. The highest BCUT2D eigenvalue weighted by Gasteiger charge is 2.36. The third-order valence-electron chi connectivity index (χ3n) is 4.96. The SMILES string of the molecule is CCN(c1ncc2ccccc2n1)C1CC2CCC(C1)N2. The number of rotatable bonds is 3. The van der Waals surface area contributed by atoms with Crippen LogP contribution in [-0.4, -0.2) is 34.6 Å². The van der Waals surface area contributed by atoms with Gasteiger partial charge in [0.15, 0.2) is 0 Å². The quantitative estimate of drug-likeness (QED) is 0.940. The molecular formula is C17H22N4. The molecule has 2 saturated heterocycles. The van der Waals surface area contributed by atoms with Crippen molar-refractivity contribution in [3.8, 4) is 0 Å². The van der Waals surface area contributed by atoms with Crippen LogP contribution in [0.4, 0.5) is 5.95 Å². The average molecular weight is 282 g/mol. The zero-order chi connectivity index (χ0) is 14.2. The minimum atomic E-state index is 0.579. The van der Waals surface area contributed by atoms with E-state index in [1.54, 1.807) is 0 Å². The Morgan fingerprint density at radius 3 is 2.71 bits per heavy atom. The van der Waals surface area contributed by atoms with E-state index in [4.69, 9.17) is 4.98 Å². The van der Waals surface area contributed by atoms with Crippen molar-refractivity contribution in [1.82, 2.24) is 15.3 Å². The highest BCUT2D eigenvalue weighted by Crippen LogP contribution is 2.31. The number of hydrogen-bond donors (Lipinski definition) is 1. The molecule has 3 heterocycles. The molecule has 21 heavy (non-hydrogen) atoms. The van der Waals surface area contributed by atoms with Crippen LogP contribution in [0.25, 0.3) is 10.9 Å². The molecule has 2 bridgehead atoms. The fourth-order valence-corrected chi connectivity index (χ4v) is 3.95. The van der Waals surface area contributed by atoms with Gasteiger partial charge in [-0.2, -0.15) is 0 Å². The van der Waals surface area contributed by atoms with Crippen molar-refractivity contribution >= 4 is 16.9 Å². The first-order valence-electron chi connectivity index (χ1n) is 8.08. The van der Waals surface area contributed by atoms with Gasteiger partial charge in [-0.3, -0.25) is 0 Å². The Balaban J connectivity index is 1.64. The van der Waals surface area contributed by atoms with Gasteiger partial charge in [0.25, 0.3) is 0 Å². The average Bonchev–Trinajstić information content (AvgIpc) is 2.86. The maximum Gasteiger partial charge on any atom is 0.226 e. The number of fused-ring (bicyclic) bond motifs is 3. The van der Waals surface area contributed by atoms with Crippen LogP contribution < -0.4 is 10.2 Å². The summed E-state index contributed by atoms with van der Waals surface area (Å²) in [5.41, 5.74) is 1.04. The van der Waals surface area contributed by atoms with Crippen molar-refractivity contribution in [2.45, 2.75) is 50.7 Å². The number of hydrogen-bond acceptors (Lipinski definition) is 4. The Morgan fingerprint density at radius 1 is 1.19 bits per heavy atom. The molecule has 0 saturated carbocycles. The van der Waals surface area contributed by atoms with Crippen LogP contribution in [-0.2, 0) is 0 Å². The van der Waals surface area contributed by atoms with Gasteiger partial charge in [0.05, 0.1) is 5.52 Å². The van der Waals surface area contributed by atoms with E-state index in [0.29, 0.717) is 18.1 Å². The third-order valence-corrected chi connectivity index (χ3v) is 4.96. The molecule has 2 unspecified atom stereocenters. The Kier molecular flexibility index (Phi) is 3.26. The number of benzene rings is 1. The van der Waals surface area contributed by atoms with Gasteiger partial charge in [0.2, 0.25) is 5.95 Å². The number of aromatic nitrogens is 2. The lowest BCUT2D eigenvalue weighted by Crippen LogP contribution is -2.48. The summed E-state index contributed by atoms with van der Waals surface area (Å²) < 4.78 is 0. The third kappa shape index (κ3) is 2.38. The summed E-state index contributed by atoms with van der Waals surface area (Å²) in [5, 5.41) is 4.83. The first-order chi connectivity index (χ1) is 10.3. The van der Waals surface area contributed by atoms with Gasteiger partial charge in [0, 0.05) is 36.3 Å². The van der Waals surface area contributed by atoms with Crippen LogP contribution in [0.15, 0.2) is 30.5 Å². The van der Waals surface area contributed by atoms with Crippen molar-refractivity contribution in [2.24, 2.45) is 0 Å². The van der Waals surface area contributed by atoms with E-state index >= 15 is 0 Å². The van der Waals surface area contributed by atoms with Crippen molar-refractivity contribution in [3.63, 3.8) is 0 Å². The predicted molar refractivity (Wildman–Crippen MR) is 85.5 cm³/mol. The molecule has 4 rings (SSSR count). The predicted octanol–water partition coefficient (Wildman–Crippen LogP) is 2.74.